The lowest BCUT2D eigenvalue weighted by atomic mass is 9.91. The molecule has 0 unspecified atom stereocenters. The van der Waals surface area contributed by atoms with E-state index >= 15 is 0 Å². The molecule has 1 heterocycles. The number of ether oxygens (including phenoxy) is 1. The number of hydrogen-bond acceptors (Lipinski definition) is 9. The number of hydrogen-bond donors (Lipinski definition) is 3. The predicted octanol–water partition coefficient (Wildman–Crippen LogP) is 2.23. The normalized spacial score (nSPS) is 15.6. The van der Waals surface area contributed by atoms with Crippen molar-refractivity contribution in [3.8, 4) is 0 Å². The van der Waals surface area contributed by atoms with Gasteiger partial charge >= 0.3 is 0 Å². The van der Waals surface area contributed by atoms with Gasteiger partial charge in [0.1, 0.15) is 0 Å². The highest BCUT2D eigenvalue weighted by Gasteiger charge is 2.36. The number of Topliss-reactive ketones (excluding diaryl/α,β-unsaturated/α-hetero) is 1. The first-order chi connectivity index (χ1) is 14.0. The summed E-state index contributed by atoms with van der Waals surface area (Å²) in [5.74, 6) is 1.66. The molecule has 0 saturated carbocycles. The Kier molecular flexibility index (Phi) is 10.8. The molecule has 0 aromatic heterocycles. The zero-order chi connectivity index (χ0) is 21.3. The number of benzene rings is 1. The molecule has 1 aliphatic heterocycles. The number of aliphatic hydroxyl groups excluding tert-OH is 3. The Morgan fingerprint density at radius 1 is 0.966 bits per heavy atom. The largest absolute Gasteiger partial charge is 0.396 e. The number of rotatable bonds is 12. The molecular weight excluding hydrogens is 430 g/mol. The fraction of sp³-hybridized carbons (Fsp3) is 0.650. The summed E-state index contributed by atoms with van der Waals surface area (Å²) in [6.45, 7) is 6.76. The highest BCUT2D eigenvalue weighted by atomic mass is 32.2. The Labute approximate surface area is 185 Å². The first kappa shape index (κ1) is 25.0. The summed E-state index contributed by atoms with van der Waals surface area (Å²) in [5, 5.41) is 27.9. The fourth-order valence-electron chi connectivity index (χ4n) is 3.14. The first-order valence-corrected chi connectivity index (χ1v) is 12.7. The average Bonchev–Trinajstić information content (AvgIpc) is 2.74. The molecule has 0 bridgehead atoms. The highest BCUT2D eigenvalue weighted by molar-refractivity contribution is 8.03. The maximum Gasteiger partial charge on any atom is 0.182 e. The smallest absolute Gasteiger partial charge is 0.182 e. The van der Waals surface area contributed by atoms with Crippen LogP contribution in [0.5, 0.6) is 0 Å². The van der Waals surface area contributed by atoms with E-state index < -0.39 is 5.54 Å². The fourth-order valence-corrected chi connectivity index (χ4v) is 6.14. The Bertz CT molecular complexity index is 637. The number of carbonyl (C=O) groups is 1. The maximum absolute atomic E-state index is 13.5. The molecule has 1 saturated heterocycles. The molecule has 1 aromatic carbocycles. The van der Waals surface area contributed by atoms with Crippen LogP contribution in [-0.2, 0) is 4.74 Å². The Balaban J connectivity index is 2.41. The second kappa shape index (κ2) is 12.6. The van der Waals surface area contributed by atoms with Gasteiger partial charge in [-0.2, -0.15) is 0 Å². The molecule has 2 rings (SSSR count). The van der Waals surface area contributed by atoms with Gasteiger partial charge in [0.05, 0.1) is 38.6 Å². The highest BCUT2D eigenvalue weighted by Crippen LogP contribution is 2.40. The van der Waals surface area contributed by atoms with Gasteiger partial charge in [-0.05, 0) is 26.0 Å². The van der Waals surface area contributed by atoms with Crippen molar-refractivity contribution < 1.29 is 24.9 Å². The molecule has 3 N–H and O–H groups in total. The standard InChI is InChI=1S/C20H31NO5S3/c1-20(2,21-3-8-26-9-4-21)19(25)15-13-16(27-10-5-22)18(29-12-7-24)17(14-15)28-11-6-23/h13-14,22-24H,3-12H2,1-2H3. The van der Waals surface area contributed by atoms with Gasteiger partial charge in [-0.15, -0.1) is 35.3 Å². The predicted molar refractivity (Wildman–Crippen MR) is 121 cm³/mol. The van der Waals surface area contributed by atoms with Crippen LogP contribution >= 0.6 is 35.3 Å². The van der Waals surface area contributed by atoms with Gasteiger partial charge in [0.15, 0.2) is 5.78 Å². The molecule has 29 heavy (non-hydrogen) atoms. The summed E-state index contributed by atoms with van der Waals surface area (Å²) >= 11 is 4.55. The van der Waals surface area contributed by atoms with Crippen molar-refractivity contribution in [2.24, 2.45) is 0 Å². The zero-order valence-corrected chi connectivity index (χ0v) is 19.5. The van der Waals surface area contributed by atoms with Crippen molar-refractivity contribution in [1.82, 2.24) is 4.90 Å². The van der Waals surface area contributed by atoms with E-state index in [0.717, 1.165) is 27.8 Å². The average molecular weight is 462 g/mol. The number of thioether (sulfide) groups is 3. The summed E-state index contributed by atoms with van der Waals surface area (Å²) in [6.07, 6.45) is 0. The topological polar surface area (TPSA) is 90.2 Å². The van der Waals surface area contributed by atoms with Gasteiger partial charge in [-0.3, -0.25) is 9.69 Å². The Morgan fingerprint density at radius 2 is 1.45 bits per heavy atom. The minimum absolute atomic E-state index is 0.0470. The Hall–Kier alpha value is -0.260. The quantitative estimate of drug-likeness (QED) is 0.320. The first-order valence-electron chi connectivity index (χ1n) is 9.72. The maximum atomic E-state index is 13.5. The lowest BCUT2D eigenvalue weighted by Crippen LogP contribution is -2.54. The second-order valence-electron chi connectivity index (χ2n) is 7.01. The third-order valence-electron chi connectivity index (χ3n) is 4.68. The van der Waals surface area contributed by atoms with E-state index in [2.05, 4.69) is 4.90 Å². The number of ketones is 1. The summed E-state index contributed by atoms with van der Waals surface area (Å²) in [5.41, 5.74) is -0.0165. The molecule has 1 aromatic rings. The molecule has 164 valence electrons. The van der Waals surface area contributed by atoms with Crippen molar-refractivity contribution in [3.63, 3.8) is 0 Å². The minimum atomic E-state index is -0.651. The molecule has 9 heteroatoms. The van der Waals surface area contributed by atoms with Gasteiger partial charge in [0.25, 0.3) is 0 Å². The van der Waals surface area contributed by atoms with Crippen LogP contribution in [0.2, 0.25) is 0 Å². The molecule has 0 amide bonds. The third-order valence-corrected chi connectivity index (χ3v) is 8.09. The van der Waals surface area contributed by atoms with E-state index in [1.165, 1.54) is 35.3 Å². The molecule has 1 fully saturated rings. The van der Waals surface area contributed by atoms with E-state index in [9.17, 15) is 20.1 Å². The number of aliphatic hydroxyl groups is 3. The monoisotopic (exact) mass is 461 g/mol. The van der Waals surface area contributed by atoms with Gasteiger partial charge < -0.3 is 20.1 Å². The zero-order valence-electron chi connectivity index (χ0n) is 17.1. The molecule has 0 atom stereocenters. The van der Waals surface area contributed by atoms with Crippen LogP contribution in [-0.4, -0.2) is 94.9 Å². The minimum Gasteiger partial charge on any atom is -0.396 e. The molecule has 0 radical (unpaired) electrons. The van der Waals surface area contributed by atoms with Crippen LogP contribution in [0.3, 0.4) is 0 Å². The van der Waals surface area contributed by atoms with Crippen LogP contribution in [0, 0.1) is 0 Å². The van der Waals surface area contributed by atoms with Crippen molar-refractivity contribution in [2.75, 3.05) is 63.4 Å². The number of carbonyl (C=O) groups excluding carboxylic acids is 1. The summed E-state index contributed by atoms with van der Waals surface area (Å²) < 4.78 is 5.43. The van der Waals surface area contributed by atoms with Crippen LogP contribution in [0.4, 0.5) is 0 Å². The van der Waals surface area contributed by atoms with Crippen molar-refractivity contribution >= 4 is 41.1 Å². The number of morpholine rings is 1. The van der Waals surface area contributed by atoms with Crippen LogP contribution in [0.25, 0.3) is 0 Å². The van der Waals surface area contributed by atoms with Crippen molar-refractivity contribution in [1.29, 1.82) is 0 Å². The lowest BCUT2D eigenvalue weighted by molar-refractivity contribution is -0.00431. The Morgan fingerprint density at radius 3 is 1.93 bits per heavy atom. The van der Waals surface area contributed by atoms with Gasteiger partial charge in [-0.1, -0.05) is 0 Å². The van der Waals surface area contributed by atoms with Gasteiger partial charge in [-0.25, -0.2) is 0 Å². The number of nitrogens with zero attached hydrogens (tertiary/aromatic N) is 1. The molecule has 1 aliphatic rings. The SMILES string of the molecule is CC(C)(C(=O)c1cc(SCCO)c(SCCO)c(SCCO)c1)N1CCOCC1. The van der Waals surface area contributed by atoms with Crippen LogP contribution in [0.15, 0.2) is 26.8 Å². The van der Waals surface area contributed by atoms with E-state index in [0.29, 0.717) is 36.0 Å². The summed E-state index contributed by atoms with van der Waals surface area (Å²) in [6, 6.07) is 3.82. The van der Waals surface area contributed by atoms with E-state index in [1.807, 2.05) is 26.0 Å². The van der Waals surface area contributed by atoms with Crippen molar-refractivity contribution in [3.05, 3.63) is 17.7 Å². The van der Waals surface area contributed by atoms with E-state index in [1.54, 1.807) is 0 Å². The summed E-state index contributed by atoms with van der Waals surface area (Å²) in [4.78, 5) is 18.5. The van der Waals surface area contributed by atoms with Gasteiger partial charge in [0.2, 0.25) is 0 Å². The van der Waals surface area contributed by atoms with E-state index in [-0.39, 0.29) is 25.6 Å². The summed E-state index contributed by atoms with van der Waals surface area (Å²) in [7, 11) is 0. The van der Waals surface area contributed by atoms with Crippen molar-refractivity contribution in [2.45, 2.75) is 34.1 Å². The van der Waals surface area contributed by atoms with Gasteiger partial charge in [0, 0.05) is 50.6 Å². The molecule has 6 nitrogen and oxygen atoms in total. The lowest BCUT2D eigenvalue weighted by Gasteiger charge is -2.39. The molecule has 0 spiro atoms. The second-order valence-corrected chi connectivity index (χ2v) is 10.4. The molecule has 0 aliphatic carbocycles. The van der Waals surface area contributed by atoms with Crippen LogP contribution in [0.1, 0.15) is 24.2 Å². The molecular formula is C20H31NO5S3. The third kappa shape index (κ3) is 6.87. The van der Waals surface area contributed by atoms with E-state index in [4.69, 9.17) is 4.74 Å². The van der Waals surface area contributed by atoms with Crippen LogP contribution < -0.4 is 0 Å².